The van der Waals surface area contributed by atoms with Gasteiger partial charge in [-0.2, -0.15) is 0 Å². The second kappa shape index (κ2) is 7.50. The number of hydrogen-bond acceptors (Lipinski definition) is 4. The van der Waals surface area contributed by atoms with E-state index in [9.17, 15) is 4.79 Å². The van der Waals surface area contributed by atoms with Gasteiger partial charge in [0.25, 0.3) is 0 Å². The van der Waals surface area contributed by atoms with Crippen LogP contribution < -0.4 is 10.1 Å². The number of nitrogens with one attached hydrogen (secondary N) is 2. The SMILES string of the molecule is O=C(O)Cc1cc2cc(OCCCNc3ccccn3)ccc2[nH]1. The van der Waals surface area contributed by atoms with E-state index in [1.807, 2.05) is 42.5 Å². The van der Waals surface area contributed by atoms with Gasteiger partial charge in [0.05, 0.1) is 13.0 Å². The summed E-state index contributed by atoms with van der Waals surface area (Å²) in [6.07, 6.45) is 2.60. The topological polar surface area (TPSA) is 87.2 Å². The fourth-order valence-corrected chi connectivity index (χ4v) is 2.46. The van der Waals surface area contributed by atoms with Gasteiger partial charge in [0.2, 0.25) is 0 Å². The Bertz CT molecular complexity index is 815. The number of carboxylic acids is 1. The number of carbonyl (C=O) groups is 1. The normalized spacial score (nSPS) is 10.7. The Morgan fingerprint density at radius 1 is 1.25 bits per heavy atom. The van der Waals surface area contributed by atoms with Crippen LogP contribution in [-0.2, 0) is 11.2 Å². The summed E-state index contributed by atoms with van der Waals surface area (Å²) in [7, 11) is 0. The van der Waals surface area contributed by atoms with E-state index in [2.05, 4.69) is 15.3 Å². The van der Waals surface area contributed by atoms with Crippen LogP contribution in [0.5, 0.6) is 5.75 Å². The van der Waals surface area contributed by atoms with Crippen molar-refractivity contribution in [3.05, 3.63) is 54.4 Å². The molecule has 0 radical (unpaired) electrons. The van der Waals surface area contributed by atoms with Gasteiger partial charge in [-0.05, 0) is 42.8 Å². The van der Waals surface area contributed by atoms with E-state index < -0.39 is 5.97 Å². The van der Waals surface area contributed by atoms with Gasteiger partial charge in [-0.15, -0.1) is 0 Å². The number of hydrogen-bond donors (Lipinski definition) is 3. The fourth-order valence-electron chi connectivity index (χ4n) is 2.46. The van der Waals surface area contributed by atoms with Gasteiger partial charge in [0.1, 0.15) is 11.6 Å². The van der Waals surface area contributed by atoms with Crippen LogP contribution in [-0.4, -0.2) is 34.2 Å². The molecular weight excluding hydrogens is 306 g/mol. The lowest BCUT2D eigenvalue weighted by atomic mass is 10.2. The number of fused-ring (bicyclic) bond motifs is 1. The predicted octanol–water partition coefficient (Wildman–Crippen LogP) is 3.07. The summed E-state index contributed by atoms with van der Waals surface area (Å²) in [5.74, 6) is 0.789. The van der Waals surface area contributed by atoms with Crippen molar-refractivity contribution < 1.29 is 14.6 Å². The van der Waals surface area contributed by atoms with E-state index in [0.717, 1.165) is 35.4 Å². The fraction of sp³-hybridized carbons (Fsp3) is 0.222. The van der Waals surface area contributed by atoms with Crippen LogP contribution in [0.25, 0.3) is 10.9 Å². The van der Waals surface area contributed by atoms with Crippen molar-refractivity contribution >= 4 is 22.7 Å². The van der Waals surface area contributed by atoms with Crippen LogP contribution >= 0.6 is 0 Å². The maximum atomic E-state index is 10.8. The molecule has 3 aromatic rings. The molecule has 0 amide bonds. The minimum absolute atomic E-state index is 0.00986. The van der Waals surface area contributed by atoms with Gasteiger partial charge in [-0.1, -0.05) is 6.07 Å². The molecular formula is C18H19N3O3. The Hall–Kier alpha value is -3.02. The van der Waals surface area contributed by atoms with Crippen LogP contribution in [0.1, 0.15) is 12.1 Å². The molecule has 6 heteroatoms. The number of nitrogens with zero attached hydrogens (tertiary/aromatic N) is 1. The number of carboxylic acid groups (broad SMARTS) is 1. The smallest absolute Gasteiger partial charge is 0.309 e. The highest BCUT2D eigenvalue weighted by atomic mass is 16.5. The quantitative estimate of drug-likeness (QED) is 0.554. The summed E-state index contributed by atoms with van der Waals surface area (Å²) in [5.41, 5.74) is 1.60. The highest BCUT2D eigenvalue weighted by Gasteiger charge is 2.06. The molecule has 0 aliphatic carbocycles. The maximum Gasteiger partial charge on any atom is 0.309 e. The Labute approximate surface area is 139 Å². The number of pyridine rings is 1. The molecule has 6 nitrogen and oxygen atoms in total. The summed E-state index contributed by atoms with van der Waals surface area (Å²) in [6.45, 7) is 1.38. The van der Waals surface area contributed by atoms with E-state index in [1.165, 1.54) is 0 Å². The Morgan fingerprint density at radius 3 is 2.96 bits per heavy atom. The van der Waals surface area contributed by atoms with Gasteiger partial charge >= 0.3 is 5.97 Å². The van der Waals surface area contributed by atoms with Crippen LogP contribution in [0, 0.1) is 0 Å². The predicted molar refractivity (Wildman–Crippen MR) is 92.5 cm³/mol. The Kier molecular flexibility index (Phi) is 4.96. The highest BCUT2D eigenvalue weighted by Crippen LogP contribution is 2.22. The van der Waals surface area contributed by atoms with Crippen LogP contribution in [0.3, 0.4) is 0 Å². The third-order valence-corrected chi connectivity index (χ3v) is 3.55. The Balaban J connectivity index is 1.49. The lowest BCUT2D eigenvalue weighted by Crippen LogP contribution is -2.07. The zero-order valence-corrected chi connectivity index (χ0v) is 13.2. The number of aromatic nitrogens is 2. The van der Waals surface area contributed by atoms with Gasteiger partial charge in [0, 0.05) is 29.3 Å². The minimum atomic E-state index is -0.849. The first-order valence-electron chi connectivity index (χ1n) is 7.82. The zero-order valence-electron chi connectivity index (χ0n) is 13.2. The molecule has 0 aliphatic rings. The van der Waals surface area contributed by atoms with E-state index in [4.69, 9.17) is 9.84 Å². The van der Waals surface area contributed by atoms with Crippen molar-refractivity contribution in [3.63, 3.8) is 0 Å². The first kappa shape index (κ1) is 15.9. The molecule has 3 rings (SSSR count). The lowest BCUT2D eigenvalue weighted by molar-refractivity contribution is -0.136. The minimum Gasteiger partial charge on any atom is -0.494 e. The van der Waals surface area contributed by atoms with E-state index in [-0.39, 0.29) is 6.42 Å². The summed E-state index contributed by atoms with van der Waals surface area (Å²) < 4.78 is 5.75. The second-order valence-electron chi connectivity index (χ2n) is 5.46. The zero-order chi connectivity index (χ0) is 16.8. The van der Waals surface area contributed by atoms with Gasteiger partial charge < -0.3 is 20.1 Å². The molecule has 1 aromatic carbocycles. The van der Waals surface area contributed by atoms with E-state index >= 15 is 0 Å². The van der Waals surface area contributed by atoms with Gasteiger partial charge in [-0.3, -0.25) is 4.79 Å². The number of ether oxygens (including phenoxy) is 1. The molecule has 2 heterocycles. The third-order valence-electron chi connectivity index (χ3n) is 3.55. The van der Waals surface area contributed by atoms with Crippen molar-refractivity contribution in [2.45, 2.75) is 12.8 Å². The maximum absolute atomic E-state index is 10.8. The molecule has 3 N–H and O–H groups in total. The molecule has 0 bridgehead atoms. The first-order valence-corrected chi connectivity index (χ1v) is 7.82. The number of aliphatic carboxylic acids is 1. The van der Waals surface area contributed by atoms with E-state index in [1.54, 1.807) is 6.20 Å². The summed E-state index contributed by atoms with van der Waals surface area (Å²) in [6, 6.07) is 13.3. The molecule has 0 saturated heterocycles. The van der Waals surface area contributed by atoms with Crippen molar-refractivity contribution in [1.29, 1.82) is 0 Å². The highest BCUT2D eigenvalue weighted by molar-refractivity contribution is 5.83. The largest absolute Gasteiger partial charge is 0.494 e. The molecule has 0 fully saturated rings. The van der Waals surface area contributed by atoms with Gasteiger partial charge in [-0.25, -0.2) is 4.98 Å². The summed E-state index contributed by atoms with van der Waals surface area (Å²) >= 11 is 0. The molecule has 124 valence electrons. The number of rotatable bonds is 8. The van der Waals surface area contributed by atoms with Crippen LogP contribution in [0.4, 0.5) is 5.82 Å². The van der Waals surface area contributed by atoms with Crippen LogP contribution in [0.15, 0.2) is 48.7 Å². The molecule has 0 saturated carbocycles. The van der Waals surface area contributed by atoms with Crippen molar-refractivity contribution in [1.82, 2.24) is 9.97 Å². The number of benzene rings is 1. The first-order chi connectivity index (χ1) is 11.7. The van der Waals surface area contributed by atoms with E-state index in [0.29, 0.717) is 12.3 Å². The average molecular weight is 325 g/mol. The molecule has 24 heavy (non-hydrogen) atoms. The molecule has 0 unspecified atom stereocenters. The number of aromatic amines is 1. The molecule has 0 atom stereocenters. The standard InChI is InChI=1S/C18H19N3O3/c22-18(23)12-14-10-13-11-15(5-6-16(13)21-14)24-9-3-8-20-17-4-1-2-7-19-17/h1-2,4-7,10-11,21H,3,8-9,12H2,(H,19,20)(H,22,23). The molecule has 0 aliphatic heterocycles. The number of H-pyrrole nitrogens is 1. The number of anilines is 1. The third kappa shape index (κ3) is 4.25. The Morgan fingerprint density at radius 2 is 2.17 bits per heavy atom. The van der Waals surface area contributed by atoms with Crippen molar-refractivity contribution in [2.75, 3.05) is 18.5 Å². The lowest BCUT2D eigenvalue weighted by Gasteiger charge is -2.07. The second-order valence-corrected chi connectivity index (χ2v) is 5.46. The molecule has 2 aromatic heterocycles. The molecule has 0 spiro atoms. The van der Waals surface area contributed by atoms with Crippen molar-refractivity contribution in [3.8, 4) is 5.75 Å². The van der Waals surface area contributed by atoms with Crippen molar-refractivity contribution in [2.24, 2.45) is 0 Å². The monoisotopic (exact) mass is 325 g/mol. The van der Waals surface area contributed by atoms with Crippen LogP contribution in [0.2, 0.25) is 0 Å². The summed E-state index contributed by atoms with van der Waals surface area (Å²) in [5, 5.41) is 13.0. The summed E-state index contributed by atoms with van der Waals surface area (Å²) in [4.78, 5) is 18.1. The van der Waals surface area contributed by atoms with Gasteiger partial charge in [0.15, 0.2) is 0 Å². The average Bonchev–Trinajstić information content (AvgIpc) is 2.96.